The molecule has 2 aliphatic heterocycles. The molecule has 3 atom stereocenters. The van der Waals surface area contributed by atoms with Gasteiger partial charge >= 0.3 is 12.4 Å². The molecule has 0 aromatic rings. The van der Waals surface area contributed by atoms with Gasteiger partial charge in [-0.15, -0.1) is 0 Å². The van der Waals surface area contributed by atoms with E-state index in [0.29, 0.717) is 6.42 Å². The van der Waals surface area contributed by atoms with E-state index in [1.54, 1.807) is 0 Å². The number of carbonyl (C=O) groups excluding carboxylic acids is 1. The summed E-state index contributed by atoms with van der Waals surface area (Å²) in [5.74, 6) is -2.21. The molecule has 1 amide bonds. The van der Waals surface area contributed by atoms with Crippen LogP contribution in [-0.4, -0.2) is 71.5 Å². The number of alkyl halides is 6. The molecule has 0 spiro atoms. The van der Waals surface area contributed by atoms with Crippen LogP contribution in [0.5, 0.6) is 0 Å². The van der Waals surface area contributed by atoms with Crippen molar-refractivity contribution in [1.29, 1.82) is 0 Å². The maximum absolute atomic E-state index is 12.8. The van der Waals surface area contributed by atoms with Crippen molar-refractivity contribution in [1.82, 2.24) is 9.80 Å². The monoisotopic (exact) mass is 362 g/mol. The Labute approximate surface area is 135 Å². The fourth-order valence-corrected chi connectivity index (χ4v) is 3.37. The summed E-state index contributed by atoms with van der Waals surface area (Å²) in [7, 11) is 0. The Hall–Kier alpha value is -1.03. The standard InChI is InChI=1S/C14H20F6N2O2/c15-13(16,17)9-3-1-6-22(7-9)11(23)8-21-5-2-4-10(21)12(24)14(18,19)20/h9-10,12,24H,1-8H2/t9-,10-,12-/m1/s1. The molecule has 2 heterocycles. The van der Waals surface area contributed by atoms with Crippen LogP contribution in [0.4, 0.5) is 26.3 Å². The van der Waals surface area contributed by atoms with E-state index in [1.807, 2.05) is 0 Å². The van der Waals surface area contributed by atoms with Gasteiger partial charge in [0, 0.05) is 19.1 Å². The Morgan fingerprint density at radius 3 is 2.29 bits per heavy atom. The minimum Gasteiger partial charge on any atom is -0.382 e. The van der Waals surface area contributed by atoms with Gasteiger partial charge in [-0.3, -0.25) is 9.69 Å². The molecule has 0 unspecified atom stereocenters. The van der Waals surface area contributed by atoms with Crippen molar-refractivity contribution in [3.63, 3.8) is 0 Å². The van der Waals surface area contributed by atoms with Crippen molar-refractivity contribution in [3.05, 3.63) is 0 Å². The molecule has 0 saturated carbocycles. The molecule has 0 bridgehead atoms. The molecule has 2 fully saturated rings. The fraction of sp³-hybridized carbons (Fsp3) is 0.929. The highest BCUT2D eigenvalue weighted by Gasteiger charge is 2.48. The number of likely N-dealkylation sites (tertiary alicyclic amines) is 2. The number of rotatable bonds is 3. The van der Waals surface area contributed by atoms with Crippen molar-refractivity contribution in [3.8, 4) is 0 Å². The lowest BCUT2D eigenvalue weighted by Crippen LogP contribution is -2.52. The lowest BCUT2D eigenvalue weighted by Gasteiger charge is -2.36. The van der Waals surface area contributed by atoms with E-state index in [4.69, 9.17) is 0 Å². The van der Waals surface area contributed by atoms with Gasteiger partial charge in [0.15, 0.2) is 6.10 Å². The van der Waals surface area contributed by atoms with Crippen molar-refractivity contribution >= 4 is 5.91 Å². The molecule has 1 N–H and O–H groups in total. The Kier molecular flexibility index (Phi) is 5.68. The van der Waals surface area contributed by atoms with Crippen LogP contribution in [-0.2, 0) is 4.79 Å². The van der Waals surface area contributed by atoms with Crippen LogP contribution in [0.2, 0.25) is 0 Å². The first kappa shape index (κ1) is 19.3. The zero-order chi connectivity index (χ0) is 18.1. The lowest BCUT2D eigenvalue weighted by atomic mass is 9.97. The smallest absolute Gasteiger partial charge is 0.382 e. The van der Waals surface area contributed by atoms with Crippen LogP contribution in [0.1, 0.15) is 25.7 Å². The van der Waals surface area contributed by atoms with Crippen molar-refractivity contribution in [2.45, 2.75) is 50.2 Å². The molecule has 2 saturated heterocycles. The molecule has 140 valence electrons. The van der Waals surface area contributed by atoms with Crippen LogP contribution < -0.4 is 0 Å². The molecule has 24 heavy (non-hydrogen) atoms. The SMILES string of the molecule is O=C(CN1CCC[C@@H]1[C@@H](O)C(F)(F)F)N1CCC[C@@H](C(F)(F)F)C1. The normalized spacial score (nSPS) is 28.2. The third-order valence-corrected chi connectivity index (χ3v) is 4.69. The van der Waals surface area contributed by atoms with Gasteiger partial charge in [-0.2, -0.15) is 26.3 Å². The van der Waals surface area contributed by atoms with Crippen LogP contribution in [0.25, 0.3) is 0 Å². The second-order valence-corrected chi connectivity index (χ2v) is 6.39. The highest BCUT2D eigenvalue weighted by atomic mass is 19.4. The predicted octanol–water partition coefficient (Wildman–Crippen LogP) is 2.17. The number of piperidine rings is 1. The molecule has 0 radical (unpaired) electrons. The van der Waals surface area contributed by atoms with Gasteiger partial charge in [-0.25, -0.2) is 0 Å². The van der Waals surface area contributed by atoms with Gasteiger partial charge in [-0.1, -0.05) is 0 Å². The van der Waals surface area contributed by atoms with Crippen molar-refractivity contribution < 1.29 is 36.2 Å². The second-order valence-electron chi connectivity index (χ2n) is 6.39. The Morgan fingerprint density at radius 2 is 1.71 bits per heavy atom. The van der Waals surface area contributed by atoms with E-state index in [0.717, 1.165) is 4.90 Å². The average molecular weight is 362 g/mol. The fourth-order valence-electron chi connectivity index (χ4n) is 3.37. The predicted molar refractivity (Wildman–Crippen MR) is 72.0 cm³/mol. The summed E-state index contributed by atoms with van der Waals surface area (Å²) >= 11 is 0. The van der Waals surface area contributed by atoms with Crippen LogP contribution in [0.3, 0.4) is 0 Å². The number of amides is 1. The Morgan fingerprint density at radius 1 is 1.08 bits per heavy atom. The molecule has 2 aliphatic rings. The number of hydrogen-bond donors (Lipinski definition) is 1. The molecule has 4 nitrogen and oxygen atoms in total. The lowest BCUT2D eigenvalue weighted by molar-refractivity contribution is -0.219. The number of carbonyl (C=O) groups is 1. The van der Waals surface area contributed by atoms with E-state index in [1.165, 1.54) is 4.90 Å². The summed E-state index contributed by atoms with van der Waals surface area (Å²) in [6.07, 6.45) is -11.1. The molecule has 0 aromatic carbocycles. The van der Waals surface area contributed by atoms with Crippen molar-refractivity contribution in [2.24, 2.45) is 5.92 Å². The highest BCUT2D eigenvalue weighted by Crippen LogP contribution is 2.34. The third kappa shape index (κ3) is 4.53. The van der Waals surface area contributed by atoms with Gasteiger partial charge in [0.1, 0.15) is 0 Å². The summed E-state index contributed by atoms with van der Waals surface area (Å²) in [6, 6.07) is -1.22. The third-order valence-electron chi connectivity index (χ3n) is 4.69. The summed E-state index contributed by atoms with van der Waals surface area (Å²) in [6.45, 7) is -0.475. The first-order chi connectivity index (χ1) is 11.0. The topological polar surface area (TPSA) is 43.8 Å². The first-order valence-electron chi connectivity index (χ1n) is 7.83. The number of nitrogens with zero attached hydrogens (tertiary/aromatic N) is 2. The highest BCUT2D eigenvalue weighted by molar-refractivity contribution is 5.78. The average Bonchev–Trinajstić information content (AvgIpc) is 2.92. The van der Waals surface area contributed by atoms with E-state index in [2.05, 4.69) is 0 Å². The van der Waals surface area contributed by atoms with E-state index >= 15 is 0 Å². The number of hydrogen-bond acceptors (Lipinski definition) is 3. The Bertz CT molecular complexity index is 454. The minimum atomic E-state index is -4.79. The van der Waals surface area contributed by atoms with Crippen LogP contribution >= 0.6 is 0 Å². The minimum absolute atomic E-state index is 0.0492. The quantitative estimate of drug-likeness (QED) is 0.783. The number of aliphatic hydroxyl groups is 1. The van der Waals surface area contributed by atoms with Crippen molar-refractivity contribution in [2.75, 3.05) is 26.2 Å². The maximum Gasteiger partial charge on any atom is 0.415 e. The van der Waals surface area contributed by atoms with E-state index in [9.17, 15) is 36.2 Å². The van der Waals surface area contributed by atoms with Gasteiger partial charge < -0.3 is 10.0 Å². The van der Waals surface area contributed by atoms with E-state index in [-0.39, 0.29) is 32.4 Å². The molecular weight excluding hydrogens is 342 g/mol. The maximum atomic E-state index is 12.8. The van der Waals surface area contributed by atoms with Gasteiger partial charge in [0.05, 0.1) is 12.5 Å². The van der Waals surface area contributed by atoms with Crippen LogP contribution in [0, 0.1) is 5.92 Å². The summed E-state index contributed by atoms with van der Waals surface area (Å²) < 4.78 is 76.3. The first-order valence-corrected chi connectivity index (χ1v) is 7.83. The Balaban J connectivity index is 1.96. The van der Waals surface area contributed by atoms with Crippen LogP contribution in [0.15, 0.2) is 0 Å². The largest absolute Gasteiger partial charge is 0.415 e. The zero-order valence-corrected chi connectivity index (χ0v) is 12.9. The summed E-state index contributed by atoms with van der Waals surface area (Å²) in [5, 5.41) is 9.39. The summed E-state index contributed by atoms with van der Waals surface area (Å²) in [5.41, 5.74) is 0. The number of aliphatic hydroxyl groups excluding tert-OH is 1. The van der Waals surface area contributed by atoms with Gasteiger partial charge in [0.2, 0.25) is 5.91 Å². The molecule has 0 aliphatic carbocycles. The molecule has 0 aromatic heterocycles. The van der Waals surface area contributed by atoms with Gasteiger partial charge in [0.25, 0.3) is 0 Å². The summed E-state index contributed by atoms with van der Waals surface area (Å²) in [4.78, 5) is 14.5. The zero-order valence-electron chi connectivity index (χ0n) is 12.9. The molecule has 2 rings (SSSR count). The van der Waals surface area contributed by atoms with E-state index < -0.39 is 49.4 Å². The van der Waals surface area contributed by atoms with Gasteiger partial charge in [-0.05, 0) is 32.2 Å². The number of halogens is 6. The second kappa shape index (κ2) is 7.07. The molecule has 10 heteroatoms. The molecular formula is C14H20F6N2O2.